The molecule has 3 N–H and O–H groups in total. The summed E-state index contributed by atoms with van der Waals surface area (Å²) < 4.78 is 11.2. The Labute approximate surface area is 126 Å². The molecule has 0 fully saturated rings. The number of carbonyl (C=O) groups is 1. The molecule has 1 amide bonds. The van der Waals surface area contributed by atoms with Crippen LogP contribution in [-0.2, 0) is 6.42 Å². The fourth-order valence-electron chi connectivity index (χ4n) is 1.70. The van der Waals surface area contributed by atoms with Gasteiger partial charge in [-0.2, -0.15) is 0 Å². The van der Waals surface area contributed by atoms with Gasteiger partial charge in [-0.3, -0.25) is 10.2 Å². The predicted octanol–water partition coefficient (Wildman–Crippen LogP) is 1.77. The summed E-state index contributed by atoms with van der Waals surface area (Å²) in [7, 11) is 0. The van der Waals surface area contributed by atoms with E-state index in [4.69, 9.17) is 15.3 Å². The van der Waals surface area contributed by atoms with Gasteiger partial charge in [-0.05, 0) is 19.1 Å². The number of nitrogen functional groups attached to an aromatic ring is 1. The molecule has 0 aliphatic rings. The van der Waals surface area contributed by atoms with Crippen LogP contribution in [0.1, 0.15) is 22.4 Å². The van der Waals surface area contributed by atoms with Gasteiger partial charge in [0.15, 0.2) is 11.5 Å². The van der Waals surface area contributed by atoms with Gasteiger partial charge >= 0.3 is 0 Å². The number of thiazole rings is 1. The number of hydrazine groups is 1. The van der Waals surface area contributed by atoms with Crippen LogP contribution in [0.2, 0.25) is 0 Å². The Morgan fingerprint density at radius 2 is 2.05 bits per heavy atom. The molecule has 0 saturated carbocycles. The van der Waals surface area contributed by atoms with Crippen molar-refractivity contribution in [3.05, 3.63) is 40.3 Å². The Kier molecular flexibility index (Phi) is 5.53. The van der Waals surface area contributed by atoms with Gasteiger partial charge < -0.3 is 9.47 Å². The van der Waals surface area contributed by atoms with Gasteiger partial charge in [-0.15, -0.1) is 11.3 Å². The molecule has 0 atom stereocenters. The number of amides is 1. The second-order valence-corrected chi connectivity index (χ2v) is 5.02. The molecular formula is C14H17N3O3S. The fourth-order valence-corrected chi connectivity index (χ4v) is 2.46. The molecule has 0 bridgehead atoms. The van der Waals surface area contributed by atoms with Crippen molar-refractivity contribution in [2.45, 2.75) is 13.3 Å². The van der Waals surface area contributed by atoms with Gasteiger partial charge in [-0.25, -0.2) is 10.8 Å². The molecule has 0 aliphatic heterocycles. The van der Waals surface area contributed by atoms with E-state index in [1.807, 2.05) is 31.2 Å². The fraction of sp³-hybridized carbons (Fsp3) is 0.286. The van der Waals surface area contributed by atoms with Crippen molar-refractivity contribution in [1.82, 2.24) is 10.4 Å². The zero-order valence-electron chi connectivity index (χ0n) is 11.7. The number of ether oxygens (including phenoxy) is 2. The van der Waals surface area contributed by atoms with Crippen molar-refractivity contribution in [3.63, 3.8) is 0 Å². The van der Waals surface area contributed by atoms with E-state index >= 15 is 0 Å². The van der Waals surface area contributed by atoms with Gasteiger partial charge in [0.2, 0.25) is 0 Å². The summed E-state index contributed by atoms with van der Waals surface area (Å²) in [4.78, 5) is 15.5. The second kappa shape index (κ2) is 7.61. The van der Waals surface area contributed by atoms with Gasteiger partial charge in [0.25, 0.3) is 5.91 Å². The van der Waals surface area contributed by atoms with Crippen LogP contribution in [-0.4, -0.2) is 24.1 Å². The molecule has 7 heteroatoms. The first kappa shape index (κ1) is 15.3. The smallest absolute Gasteiger partial charge is 0.284 e. The molecule has 1 heterocycles. The summed E-state index contributed by atoms with van der Waals surface area (Å²) in [6.07, 6.45) is 0.614. The van der Waals surface area contributed by atoms with Crippen molar-refractivity contribution >= 4 is 17.2 Å². The minimum Gasteiger partial charge on any atom is -0.490 e. The average molecular weight is 307 g/mol. The number of aromatic nitrogens is 1. The van der Waals surface area contributed by atoms with Crippen LogP contribution >= 0.6 is 11.3 Å². The standard InChI is InChI=1S/C14H17N3O3S/c1-2-19-11-5-3-4-6-12(11)20-8-7-13-16-10(9-21-13)14(18)17-15/h3-6,9H,2,7-8,15H2,1H3,(H,17,18). The third-order valence-electron chi connectivity index (χ3n) is 2.64. The van der Waals surface area contributed by atoms with Crippen LogP contribution in [0.3, 0.4) is 0 Å². The number of nitrogens with zero attached hydrogens (tertiary/aromatic N) is 1. The Balaban J connectivity index is 1.89. The zero-order chi connectivity index (χ0) is 15.1. The second-order valence-electron chi connectivity index (χ2n) is 4.08. The lowest BCUT2D eigenvalue weighted by atomic mass is 10.3. The molecule has 2 rings (SSSR count). The molecule has 0 spiro atoms. The number of para-hydroxylation sites is 2. The molecule has 2 aromatic rings. The first-order valence-electron chi connectivity index (χ1n) is 6.54. The molecule has 6 nitrogen and oxygen atoms in total. The van der Waals surface area contributed by atoms with E-state index in [2.05, 4.69) is 10.4 Å². The van der Waals surface area contributed by atoms with Crippen molar-refractivity contribution in [1.29, 1.82) is 0 Å². The molecule has 0 aliphatic carbocycles. The largest absolute Gasteiger partial charge is 0.490 e. The number of hydrogen-bond donors (Lipinski definition) is 2. The van der Waals surface area contributed by atoms with E-state index in [1.165, 1.54) is 11.3 Å². The Morgan fingerprint density at radius 1 is 1.33 bits per heavy atom. The Morgan fingerprint density at radius 3 is 2.71 bits per heavy atom. The summed E-state index contributed by atoms with van der Waals surface area (Å²) in [5.74, 6) is 6.10. The summed E-state index contributed by atoms with van der Waals surface area (Å²) in [5, 5.41) is 2.49. The summed E-state index contributed by atoms with van der Waals surface area (Å²) in [6, 6.07) is 7.52. The lowest BCUT2D eigenvalue weighted by molar-refractivity contribution is 0.0949. The molecular weight excluding hydrogens is 290 g/mol. The van der Waals surface area contributed by atoms with Gasteiger partial charge in [0, 0.05) is 11.8 Å². The zero-order valence-corrected chi connectivity index (χ0v) is 12.5. The van der Waals surface area contributed by atoms with E-state index in [-0.39, 0.29) is 5.91 Å². The number of benzene rings is 1. The van der Waals surface area contributed by atoms with Crippen molar-refractivity contribution < 1.29 is 14.3 Å². The highest BCUT2D eigenvalue weighted by Gasteiger charge is 2.09. The van der Waals surface area contributed by atoms with Crippen molar-refractivity contribution in [3.8, 4) is 11.5 Å². The first-order chi connectivity index (χ1) is 10.2. The van der Waals surface area contributed by atoms with Crippen molar-refractivity contribution in [2.24, 2.45) is 5.84 Å². The molecule has 0 saturated heterocycles. The highest BCUT2D eigenvalue weighted by molar-refractivity contribution is 7.09. The van der Waals surface area contributed by atoms with Gasteiger partial charge in [-0.1, -0.05) is 12.1 Å². The van der Waals surface area contributed by atoms with E-state index in [9.17, 15) is 4.79 Å². The number of carbonyl (C=O) groups excluding carboxylic acids is 1. The van der Waals surface area contributed by atoms with Crippen LogP contribution in [0.25, 0.3) is 0 Å². The SMILES string of the molecule is CCOc1ccccc1OCCc1nc(C(=O)NN)cs1. The normalized spacial score (nSPS) is 10.2. The van der Waals surface area contributed by atoms with Gasteiger partial charge in [0.1, 0.15) is 5.69 Å². The molecule has 1 aromatic heterocycles. The van der Waals surface area contributed by atoms with E-state index < -0.39 is 0 Å². The maximum Gasteiger partial charge on any atom is 0.284 e. The molecule has 1 aromatic carbocycles. The highest BCUT2D eigenvalue weighted by atomic mass is 32.1. The quantitative estimate of drug-likeness (QED) is 0.462. The Bertz CT molecular complexity index is 601. The minimum atomic E-state index is -0.389. The molecule has 112 valence electrons. The van der Waals surface area contributed by atoms with E-state index in [0.717, 1.165) is 10.8 Å². The molecule has 21 heavy (non-hydrogen) atoms. The maximum atomic E-state index is 11.3. The lowest BCUT2D eigenvalue weighted by Crippen LogP contribution is -2.30. The van der Waals surface area contributed by atoms with Gasteiger partial charge in [0.05, 0.1) is 18.2 Å². The monoisotopic (exact) mass is 307 g/mol. The van der Waals surface area contributed by atoms with Crippen molar-refractivity contribution in [2.75, 3.05) is 13.2 Å². The van der Waals surface area contributed by atoms with Crippen LogP contribution in [0.4, 0.5) is 0 Å². The number of nitrogens with two attached hydrogens (primary N) is 1. The summed E-state index contributed by atoms with van der Waals surface area (Å²) >= 11 is 1.40. The Hall–Kier alpha value is -2.12. The average Bonchev–Trinajstić information content (AvgIpc) is 2.97. The first-order valence-corrected chi connectivity index (χ1v) is 7.42. The van der Waals surface area contributed by atoms with E-state index in [1.54, 1.807) is 5.38 Å². The predicted molar refractivity (Wildman–Crippen MR) is 80.6 cm³/mol. The van der Waals surface area contributed by atoms with E-state index in [0.29, 0.717) is 31.1 Å². The number of nitrogens with one attached hydrogen (secondary N) is 1. The third-order valence-corrected chi connectivity index (χ3v) is 3.55. The van der Waals surface area contributed by atoms with Crippen LogP contribution in [0.5, 0.6) is 11.5 Å². The highest BCUT2D eigenvalue weighted by Crippen LogP contribution is 2.26. The van der Waals surface area contributed by atoms with Crippen LogP contribution in [0, 0.1) is 0 Å². The number of hydrogen-bond acceptors (Lipinski definition) is 6. The van der Waals surface area contributed by atoms with Crippen LogP contribution in [0.15, 0.2) is 29.6 Å². The third kappa shape index (κ3) is 4.17. The topological polar surface area (TPSA) is 86.5 Å². The lowest BCUT2D eigenvalue weighted by Gasteiger charge is -2.10. The van der Waals surface area contributed by atoms with Crippen LogP contribution < -0.4 is 20.7 Å². The minimum absolute atomic E-state index is 0.326. The molecule has 0 unspecified atom stereocenters. The number of rotatable bonds is 7. The molecule has 0 radical (unpaired) electrons. The maximum absolute atomic E-state index is 11.3. The summed E-state index contributed by atoms with van der Waals surface area (Å²) in [6.45, 7) is 2.97. The summed E-state index contributed by atoms with van der Waals surface area (Å²) in [5.41, 5.74) is 2.38.